The first kappa shape index (κ1) is 19.0. The Hall–Kier alpha value is -2.04. The molecule has 0 saturated carbocycles. The van der Waals surface area contributed by atoms with Gasteiger partial charge in [0.15, 0.2) is 5.75 Å². The van der Waals surface area contributed by atoms with E-state index in [1.807, 2.05) is 26.0 Å². The number of carbonyl (C=O) groups is 2. The lowest BCUT2D eigenvalue weighted by molar-refractivity contribution is -0.131. The molecule has 0 heterocycles. The van der Waals surface area contributed by atoms with Gasteiger partial charge in [-0.3, -0.25) is 9.69 Å². The van der Waals surface area contributed by atoms with Crippen molar-refractivity contribution in [3.05, 3.63) is 23.3 Å². The Morgan fingerprint density at radius 3 is 2.22 bits per heavy atom. The number of amides is 1. The highest BCUT2D eigenvalue weighted by Gasteiger charge is 2.25. The Labute approximate surface area is 138 Å². The molecule has 128 valence electrons. The lowest BCUT2D eigenvalue weighted by Gasteiger charge is -2.27. The van der Waals surface area contributed by atoms with E-state index in [-0.39, 0.29) is 12.0 Å². The minimum atomic E-state index is -0.450. The van der Waals surface area contributed by atoms with Crippen molar-refractivity contribution in [1.29, 1.82) is 0 Å². The minimum absolute atomic E-state index is 0.0949. The lowest BCUT2D eigenvalue weighted by atomic mass is 9.85. The van der Waals surface area contributed by atoms with Gasteiger partial charge in [0.05, 0.1) is 12.3 Å². The highest BCUT2D eigenvalue weighted by molar-refractivity contribution is 5.91. The van der Waals surface area contributed by atoms with Crippen molar-refractivity contribution in [3.8, 4) is 5.75 Å². The number of hydrogen-bond donors (Lipinski definition) is 0. The maximum atomic E-state index is 12.2. The second-order valence-electron chi connectivity index (χ2n) is 6.43. The first-order valence-electron chi connectivity index (χ1n) is 7.89. The van der Waals surface area contributed by atoms with Gasteiger partial charge in [0, 0.05) is 13.5 Å². The van der Waals surface area contributed by atoms with E-state index in [1.54, 1.807) is 6.92 Å². The summed E-state index contributed by atoms with van der Waals surface area (Å²) in [5, 5.41) is 0. The Morgan fingerprint density at radius 2 is 1.78 bits per heavy atom. The molecule has 0 fully saturated rings. The maximum absolute atomic E-state index is 12.2. The van der Waals surface area contributed by atoms with Gasteiger partial charge in [-0.2, -0.15) is 0 Å². The minimum Gasteiger partial charge on any atom is -0.449 e. The third-order valence-electron chi connectivity index (χ3n) is 3.46. The summed E-state index contributed by atoms with van der Waals surface area (Å²) in [6, 6.07) is 3.88. The molecule has 0 radical (unpaired) electrons. The van der Waals surface area contributed by atoms with Crippen LogP contribution in [0.3, 0.4) is 0 Å². The SMILES string of the molecule is CCOC(=O)N(CC)c1cc(C(C)(C)C)cc(C)c1OC(C)=O. The van der Waals surface area contributed by atoms with E-state index in [1.165, 1.54) is 11.8 Å². The monoisotopic (exact) mass is 321 g/mol. The molecule has 23 heavy (non-hydrogen) atoms. The average Bonchev–Trinajstić information content (AvgIpc) is 2.41. The van der Waals surface area contributed by atoms with Crippen LogP contribution in [0.2, 0.25) is 0 Å². The summed E-state index contributed by atoms with van der Waals surface area (Å²) >= 11 is 0. The standard InChI is InChI=1S/C18H27NO4/c1-8-19(17(21)22-9-2)15-11-14(18(5,6)7)10-12(3)16(15)23-13(4)20/h10-11H,8-9H2,1-7H3. The predicted octanol–water partition coefficient (Wildman–Crippen LogP) is 4.20. The zero-order valence-electron chi connectivity index (χ0n) is 15.1. The molecule has 0 saturated heterocycles. The number of esters is 1. The molecule has 0 bridgehead atoms. The van der Waals surface area contributed by atoms with E-state index in [9.17, 15) is 9.59 Å². The van der Waals surface area contributed by atoms with Gasteiger partial charge < -0.3 is 9.47 Å². The van der Waals surface area contributed by atoms with Crippen molar-refractivity contribution in [3.63, 3.8) is 0 Å². The summed E-state index contributed by atoms with van der Waals surface area (Å²) in [5.41, 5.74) is 2.34. The fraction of sp³-hybridized carbons (Fsp3) is 0.556. The molecule has 0 aliphatic heterocycles. The molecule has 0 unspecified atom stereocenters. The predicted molar refractivity (Wildman–Crippen MR) is 91.2 cm³/mol. The van der Waals surface area contributed by atoms with Crippen molar-refractivity contribution < 1.29 is 19.1 Å². The van der Waals surface area contributed by atoms with E-state index < -0.39 is 12.1 Å². The molecule has 0 aromatic heterocycles. The van der Waals surface area contributed by atoms with Crippen molar-refractivity contribution in [2.45, 2.75) is 53.9 Å². The van der Waals surface area contributed by atoms with Gasteiger partial charge in [0.2, 0.25) is 0 Å². The normalized spacial score (nSPS) is 11.1. The fourth-order valence-electron chi connectivity index (χ4n) is 2.26. The summed E-state index contributed by atoms with van der Waals surface area (Å²) in [6.07, 6.45) is -0.450. The lowest BCUT2D eigenvalue weighted by Crippen LogP contribution is -2.32. The molecule has 0 aliphatic carbocycles. The highest BCUT2D eigenvalue weighted by Crippen LogP contribution is 2.37. The second-order valence-corrected chi connectivity index (χ2v) is 6.43. The topological polar surface area (TPSA) is 55.8 Å². The summed E-state index contributed by atoms with van der Waals surface area (Å²) in [6.45, 7) is 13.8. The van der Waals surface area contributed by atoms with Gasteiger partial charge in [-0.25, -0.2) is 4.79 Å². The Morgan fingerprint density at radius 1 is 1.17 bits per heavy atom. The number of rotatable bonds is 4. The van der Waals surface area contributed by atoms with E-state index >= 15 is 0 Å². The molecule has 0 aliphatic rings. The van der Waals surface area contributed by atoms with Gasteiger partial charge in [0.25, 0.3) is 0 Å². The third kappa shape index (κ3) is 4.71. The van der Waals surface area contributed by atoms with Crippen LogP contribution in [-0.4, -0.2) is 25.2 Å². The first-order chi connectivity index (χ1) is 10.6. The molecule has 1 aromatic carbocycles. The molecule has 5 heteroatoms. The van der Waals surface area contributed by atoms with Crippen LogP contribution < -0.4 is 9.64 Å². The molecule has 0 N–H and O–H groups in total. The molecular formula is C18H27NO4. The summed E-state index contributed by atoms with van der Waals surface area (Å²) < 4.78 is 10.5. The first-order valence-corrected chi connectivity index (χ1v) is 7.89. The van der Waals surface area contributed by atoms with Crippen molar-refractivity contribution >= 4 is 17.7 Å². The zero-order valence-corrected chi connectivity index (χ0v) is 15.1. The van der Waals surface area contributed by atoms with E-state index in [2.05, 4.69) is 20.8 Å². The van der Waals surface area contributed by atoms with E-state index in [0.29, 0.717) is 18.0 Å². The van der Waals surface area contributed by atoms with Crippen molar-refractivity contribution in [2.75, 3.05) is 18.1 Å². The van der Waals surface area contributed by atoms with Crippen LogP contribution in [0.5, 0.6) is 5.75 Å². The fourth-order valence-corrected chi connectivity index (χ4v) is 2.26. The van der Waals surface area contributed by atoms with Crippen LogP contribution in [0, 0.1) is 6.92 Å². The average molecular weight is 321 g/mol. The Kier molecular flexibility index (Phi) is 6.19. The summed E-state index contributed by atoms with van der Waals surface area (Å²) in [7, 11) is 0. The van der Waals surface area contributed by atoms with Crippen molar-refractivity contribution in [1.82, 2.24) is 0 Å². The molecule has 5 nitrogen and oxygen atoms in total. The number of nitrogens with zero attached hydrogens (tertiary/aromatic N) is 1. The van der Waals surface area contributed by atoms with Gasteiger partial charge >= 0.3 is 12.1 Å². The second kappa shape index (κ2) is 7.49. The van der Waals surface area contributed by atoms with Gasteiger partial charge in [0.1, 0.15) is 0 Å². The van der Waals surface area contributed by atoms with Gasteiger partial charge in [-0.15, -0.1) is 0 Å². The summed E-state index contributed by atoms with van der Waals surface area (Å²) in [4.78, 5) is 25.2. The molecule has 1 aromatic rings. The molecule has 1 amide bonds. The van der Waals surface area contributed by atoms with Crippen LogP contribution in [-0.2, 0) is 14.9 Å². The Bertz CT molecular complexity index is 587. The molecule has 0 spiro atoms. The largest absolute Gasteiger partial charge is 0.449 e. The van der Waals surface area contributed by atoms with Crippen LogP contribution in [0.4, 0.5) is 10.5 Å². The van der Waals surface area contributed by atoms with Crippen LogP contribution in [0.25, 0.3) is 0 Å². The number of hydrogen-bond acceptors (Lipinski definition) is 4. The third-order valence-corrected chi connectivity index (χ3v) is 3.46. The highest BCUT2D eigenvalue weighted by atomic mass is 16.6. The van der Waals surface area contributed by atoms with Crippen molar-refractivity contribution in [2.24, 2.45) is 0 Å². The van der Waals surface area contributed by atoms with Gasteiger partial charge in [-0.05, 0) is 43.4 Å². The number of aryl methyl sites for hydroxylation is 1. The molecule has 0 atom stereocenters. The number of carbonyl (C=O) groups excluding carboxylic acids is 2. The number of benzene rings is 1. The van der Waals surface area contributed by atoms with Crippen LogP contribution in [0.1, 0.15) is 52.7 Å². The quantitative estimate of drug-likeness (QED) is 0.616. The van der Waals surface area contributed by atoms with Crippen LogP contribution >= 0.6 is 0 Å². The molecular weight excluding hydrogens is 294 g/mol. The smallest absolute Gasteiger partial charge is 0.414 e. The summed E-state index contributed by atoms with van der Waals surface area (Å²) in [5.74, 6) is -0.0156. The molecule has 1 rings (SSSR count). The van der Waals surface area contributed by atoms with E-state index in [0.717, 1.165) is 11.1 Å². The van der Waals surface area contributed by atoms with Crippen LogP contribution in [0.15, 0.2) is 12.1 Å². The number of ether oxygens (including phenoxy) is 2. The zero-order chi connectivity index (χ0) is 17.8. The Balaban J connectivity index is 3.52. The van der Waals surface area contributed by atoms with E-state index in [4.69, 9.17) is 9.47 Å². The number of anilines is 1. The maximum Gasteiger partial charge on any atom is 0.414 e. The van der Waals surface area contributed by atoms with Gasteiger partial charge in [-0.1, -0.05) is 26.8 Å².